The molecule has 2 aliphatic heterocycles. The molecule has 2 fully saturated rings. The second kappa shape index (κ2) is 3.72. The summed E-state index contributed by atoms with van der Waals surface area (Å²) in [5.41, 5.74) is 0. The van der Waals surface area contributed by atoms with Crippen LogP contribution < -0.4 is 5.32 Å². The molecular weight excluding hydrogens is 196 g/mol. The maximum atomic E-state index is 11.6. The van der Waals surface area contributed by atoms with Crippen molar-refractivity contribution in [3.05, 3.63) is 0 Å². The molecule has 0 aromatic heterocycles. The van der Waals surface area contributed by atoms with Gasteiger partial charge < -0.3 is 15.3 Å². The monoisotopic (exact) mass is 212 g/mol. The fourth-order valence-corrected chi connectivity index (χ4v) is 2.84. The summed E-state index contributed by atoms with van der Waals surface area (Å²) in [6.07, 6.45) is 3.11. The number of carbonyl (C=O) groups excluding carboxylic acids is 1. The Morgan fingerprint density at radius 2 is 1.80 bits per heavy atom. The van der Waals surface area contributed by atoms with Crippen molar-refractivity contribution < 1.29 is 14.7 Å². The molecule has 2 N–H and O–H groups in total. The highest BCUT2D eigenvalue weighted by Crippen LogP contribution is 2.38. The van der Waals surface area contributed by atoms with E-state index in [0.717, 1.165) is 12.8 Å². The van der Waals surface area contributed by atoms with E-state index in [4.69, 9.17) is 5.11 Å². The summed E-state index contributed by atoms with van der Waals surface area (Å²) in [6, 6.07) is 0.195. The van der Waals surface area contributed by atoms with Gasteiger partial charge in [-0.25, -0.2) is 4.79 Å². The van der Waals surface area contributed by atoms with E-state index in [2.05, 4.69) is 5.32 Å². The topological polar surface area (TPSA) is 69.6 Å². The smallest absolute Gasteiger partial charge is 0.317 e. The molecule has 2 amide bonds. The second-order valence-electron chi connectivity index (χ2n) is 4.35. The fourth-order valence-electron chi connectivity index (χ4n) is 2.84. The normalized spacial score (nSPS) is 33.9. The average Bonchev–Trinajstić information content (AvgIpc) is 2.47. The zero-order valence-electron chi connectivity index (χ0n) is 8.77. The quantitative estimate of drug-likeness (QED) is 0.670. The Hall–Kier alpha value is -1.26. The zero-order chi connectivity index (χ0) is 11.0. The van der Waals surface area contributed by atoms with Crippen LogP contribution in [0.4, 0.5) is 4.79 Å². The van der Waals surface area contributed by atoms with E-state index in [1.807, 2.05) is 4.90 Å². The van der Waals surface area contributed by atoms with Crippen LogP contribution in [-0.4, -0.2) is 41.1 Å². The predicted molar refractivity (Wildman–Crippen MR) is 53.5 cm³/mol. The van der Waals surface area contributed by atoms with Crippen LogP contribution >= 0.6 is 0 Å². The van der Waals surface area contributed by atoms with Crippen LogP contribution in [0.3, 0.4) is 0 Å². The lowest BCUT2D eigenvalue weighted by Gasteiger charge is -2.37. The van der Waals surface area contributed by atoms with Gasteiger partial charge in [0.2, 0.25) is 0 Å². The number of hydrogen-bond donors (Lipinski definition) is 2. The third-order valence-electron chi connectivity index (χ3n) is 3.53. The minimum absolute atomic E-state index is 0.0636. The lowest BCUT2D eigenvalue weighted by atomic mass is 9.91. The van der Waals surface area contributed by atoms with Crippen LogP contribution in [0.5, 0.6) is 0 Å². The first-order valence-corrected chi connectivity index (χ1v) is 5.36. The maximum absolute atomic E-state index is 11.6. The molecule has 5 heteroatoms. The van der Waals surface area contributed by atoms with Gasteiger partial charge in [0.15, 0.2) is 0 Å². The Kier molecular flexibility index (Phi) is 2.54. The number of amides is 2. The summed E-state index contributed by atoms with van der Waals surface area (Å²) in [4.78, 5) is 24.3. The van der Waals surface area contributed by atoms with Gasteiger partial charge in [0.05, 0.1) is 5.92 Å². The number of hydrogen-bond acceptors (Lipinski definition) is 2. The minimum Gasteiger partial charge on any atom is -0.481 e. The Morgan fingerprint density at radius 3 is 2.20 bits per heavy atom. The third-order valence-corrected chi connectivity index (χ3v) is 3.53. The number of fused-ring (bicyclic) bond motifs is 2. The number of carboxylic acids is 1. The largest absolute Gasteiger partial charge is 0.481 e. The molecule has 0 aromatic carbocycles. The molecule has 2 rings (SSSR count). The average molecular weight is 212 g/mol. The lowest BCUT2D eigenvalue weighted by molar-refractivity contribution is -0.144. The number of carboxylic acid groups (broad SMARTS) is 1. The summed E-state index contributed by atoms with van der Waals surface area (Å²) in [5, 5.41) is 11.6. The number of aliphatic carboxylic acids is 1. The molecule has 2 heterocycles. The van der Waals surface area contributed by atoms with E-state index in [-0.39, 0.29) is 24.0 Å². The van der Waals surface area contributed by atoms with Crippen molar-refractivity contribution in [2.75, 3.05) is 7.05 Å². The van der Waals surface area contributed by atoms with Gasteiger partial charge in [0, 0.05) is 19.1 Å². The van der Waals surface area contributed by atoms with Crippen LogP contribution in [0.1, 0.15) is 25.7 Å². The van der Waals surface area contributed by atoms with Gasteiger partial charge in [-0.2, -0.15) is 0 Å². The molecule has 2 atom stereocenters. The molecule has 2 saturated heterocycles. The predicted octanol–water partition coefficient (Wildman–Crippen LogP) is 0.653. The maximum Gasteiger partial charge on any atom is 0.317 e. The van der Waals surface area contributed by atoms with Crippen LogP contribution in [0, 0.1) is 5.92 Å². The van der Waals surface area contributed by atoms with Gasteiger partial charge in [-0.05, 0) is 25.7 Å². The van der Waals surface area contributed by atoms with Crippen molar-refractivity contribution in [2.24, 2.45) is 5.92 Å². The molecule has 0 spiro atoms. The molecule has 84 valence electrons. The molecule has 0 aromatic rings. The first-order chi connectivity index (χ1) is 7.13. The molecule has 0 aliphatic carbocycles. The first kappa shape index (κ1) is 10.3. The molecule has 15 heavy (non-hydrogen) atoms. The van der Waals surface area contributed by atoms with Gasteiger partial charge in [0.25, 0.3) is 0 Å². The fraction of sp³-hybridized carbons (Fsp3) is 0.800. The molecule has 2 unspecified atom stereocenters. The van der Waals surface area contributed by atoms with Gasteiger partial charge in [-0.3, -0.25) is 4.79 Å². The van der Waals surface area contributed by atoms with Crippen molar-refractivity contribution in [3.8, 4) is 0 Å². The Balaban J connectivity index is 2.10. The number of rotatable bonds is 1. The summed E-state index contributed by atoms with van der Waals surface area (Å²) in [6.45, 7) is 0. The SMILES string of the molecule is CNC(=O)N1C2CCC1CC(C(=O)O)C2. The second-order valence-corrected chi connectivity index (χ2v) is 4.35. The van der Waals surface area contributed by atoms with Crippen LogP contribution in [0.15, 0.2) is 0 Å². The van der Waals surface area contributed by atoms with Crippen molar-refractivity contribution in [1.29, 1.82) is 0 Å². The molecule has 2 aliphatic rings. The highest BCUT2D eigenvalue weighted by molar-refractivity contribution is 5.76. The van der Waals surface area contributed by atoms with E-state index in [1.165, 1.54) is 0 Å². The highest BCUT2D eigenvalue weighted by atomic mass is 16.4. The number of urea groups is 1. The van der Waals surface area contributed by atoms with E-state index in [9.17, 15) is 9.59 Å². The minimum atomic E-state index is -0.719. The van der Waals surface area contributed by atoms with Gasteiger partial charge >= 0.3 is 12.0 Å². The van der Waals surface area contributed by atoms with Crippen molar-refractivity contribution in [1.82, 2.24) is 10.2 Å². The van der Waals surface area contributed by atoms with Crippen LogP contribution in [0.25, 0.3) is 0 Å². The summed E-state index contributed by atoms with van der Waals surface area (Å²) < 4.78 is 0. The standard InChI is InChI=1S/C10H16N2O3/c1-11-10(15)12-7-2-3-8(12)5-6(4-7)9(13)14/h6-8H,2-5H2,1H3,(H,11,15)(H,13,14). The molecule has 2 bridgehead atoms. The third kappa shape index (κ3) is 1.66. The van der Waals surface area contributed by atoms with E-state index in [1.54, 1.807) is 7.05 Å². The van der Waals surface area contributed by atoms with Gasteiger partial charge in [-0.15, -0.1) is 0 Å². The Bertz CT molecular complexity index is 278. The Morgan fingerprint density at radius 1 is 1.27 bits per heavy atom. The van der Waals surface area contributed by atoms with E-state index in [0.29, 0.717) is 12.8 Å². The Labute approximate surface area is 88.4 Å². The van der Waals surface area contributed by atoms with E-state index < -0.39 is 5.97 Å². The van der Waals surface area contributed by atoms with Crippen LogP contribution in [0.2, 0.25) is 0 Å². The molecule has 0 radical (unpaired) electrons. The van der Waals surface area contributed by atoms with Crippen molar-refractivity contribution >= 4 is 12.0 Å². The van der Waals surface area contributed by atoms with Crippen LogP contribution in [-0.2, 0) is 4.79 Å². The van der Waals surface area contributed by atoms with Gasteiger partial charge in [0.1, 0.15) is 0 Å². The molecule has 0 saturated carbocycles. The van der Waals surface area contributed by atoms with Gasteiger partial charge in [-0.1, -0.05) is 0 Å². The van der Waals surface area contributed by atoms with E-state index >= 15 is 0 Å². The van der Waals surface area contributed by atoms with Crippen molar-refractivity contribution in [3.63, 3.8) is 0 Å². The number of carbonyl (C=O) groups is 2. The number of piperidine rings is 1. The molecular formula is C10H16N2O3. The van der Waals surface area contributed by atoms with Crippen molar-refractivity contribution in [2.45, 2.75) is 37.8 Å². The summed E-state index contributed by atoms with van der Waals surface area (Å²) in [7, 11) is 1.62. The first-order valence-electron chi connectivity index (χ1n) is 5.36. The summed E-state index contributed by atoms with van der Waals surface area (Å²) in [5.74, 6) is -0.980. The number of nitrogens with one attached hydrogen (secondary N) is 1. The molecule has 5 nitrogen and oxygen atoms in total. The zero-order valence-corrected chi connectivity index (χ0v) is 8.77. The summed E-state index contributed by atoms with van der Waals surface area (Å²) >= 11 is 0. The highest BCUT2D eigenvalue weighted by Gasteiger charge is 2.44. The number of nitrogens with zero attached hydrogens (tertiary/aromatic N) is 1. The lowest BCUT2D eigenvalue weighted by Crippen LogP contribution is -2.51.